The highest BCUT2D eigenvalue weighted by molar-refractivity contribution is 7.68. The van der Waals surface area contributed by atoms with Crippen molar-refractivity contribution < 1.29 is 33.4 Å². The minimum absolute atomic E-state index is 0.182. The van der Waals surface area contributed by atoms with Gasteiger partial charge in [0.2, 0.25) is 0 Å². The molecule has 2 rings (SSSR count). The molecule has 2 N–H and O–H groups in total. The summed E-state index contributed by atoms with van der Waals surface area (Å²) in [6.45, 7) is 21.8. The first kappa shape index (κ1) is 65.6. The van der Waals surface area contributed by atoms with Crippen molar-refractivity contribution in [1.29, 1.82) is 0 Å². The average molecular weight is 1020 g/mol. The third-order valence-corrected chi connectivity index (χ3v) is 16.2. The van der Waals surface area contributed by atoms with Crippen molar-refractivity contribution in [2.45, 2.75) is 311 Å². The van der Waals surface area contributed by atoms with Crippen LogP contribution in [-0.4, -0.2) is 34.9 Å². The first-order valence-corrected chi connectivity index (χ1v) is 31.7. The highest BCUT2D eigenvalue weighted by Crippen LogP contribution is 2.55. The van der Waals surface area contributed by atoms with Crippen LogP contribution in [0, 0.1) is 13.8 Å². The van der Waals surface area contributed by atoms with Crippen LogP contribution in [0.4, 0.5) is 0 Å². The summed E-state index contributed by atoms with van der Waals surface area (Å²) < 4.78 is 17.7. The number of aryl methyl sites for hydroxylation is 4. The molecule has 0 bridgehead atoms. The molecule has 8 heteroatoms. The fourth-order valence-corrected chi connectivity index (χ4v) is 11.9. The first-order valence-electron chi connectivity index (χ1n) is 30.0. The fraction of sp³-hybridized carbons (Fsp3) is 0.781. The smallest absolute Gasteiger partial charge is 0.466 e. The van der Waals surface area contributed by atoms with Gasteiger partial charge in [-0.3, -0.25) is 14.1 Å². The molecule has 7 nitrogen and oxygen atoms in total. The third-order valence-electron chi connectivity index (χ3n) is 14.6. The molecule has 0 spiro atoms. The molecular weight excluding hydrogens is 912 g/mol. The zero-order chi connectivity index (χ0) is 53.1. The number of esters is 2. The highest BCUT2D eigenvalue weighted by atomic mass is 31.2. The zero-order valence-corrected chi connectivity index (χ0v) is 49.5. The van der Waals surface area contributed by atoms with Gasteiger partial charge in [0.1, 0.15) is 0 Å². The second-order valence-electron chi connectivity index (χ2n) is 23.8. The molecule has 0 atom stereocenters. The molecular formula is C64H112O7P+. The van der Waals surface area contributed by atoms with Gasteiger partial charge in [0.25, 0.3) is 0 Å². The maximum atomic E-state index is 12.8. The van der Waals surface area contributed by atoms with Gasteiger partial charge in [0.05, 0.1) is 13.2 Å². The van der Waals surface area contributed by atoms with Gasteiger partial charge >= 0.3 is 19.9 Å². The quantitative estimate of drug-likeness (QED) is 0.0387. The number of benzene rings is 2. The molecule has 414 valence electrons. The van der Waals surface area contributed by atoms with Crippen molar-refractivity contribution in [1.82, 2.24) is 0 Å². The van der Waals surface area contributed by atoms with Crippen molar-refractivity contribution in [3.05, 3.63) is 57.6 Å². The molecule has 0 unspecified atom stereocenters. The Morgan fingerprint density at radius 2 is 0.722 bits per heavy atom. The summed E-state index contributed by atoms with van der Waals surface area (Å²) in [6.07, 6.45) is 43.6. The third kappa shape index (κ3) is 29.6. The molecule has 0 aliphatic heterocycles. The average Bonchev–Trinajstić information content (AvgIpc) is 3.31. The van der Waals surface area contributed by atoms with Crippen LogP contribution in [0.15, 0.2) is 24.3 Å². The van der Waals surface area contributed by atoms with E-state index in [0.29, 0.717) is 37.1 Å². The maximum Gasteiger partial charge on any atom is 0.488 e. The first-order chi connectivity index (χ1) is 34.4. The second kappa shape index (κ2) is 38.1. The lowest BCUT2D eigenvalue weighted by Crippen LogP contribution is -2.30. The fourth-order valence-electron chi connectivity index (χ4n) is 10.1. The maximum absolute atomic E-state index is 12.8. The Balaban J connectivity index is 1.81. The summed E-state index contributed by atoms with van der Waals surface area (Å²) in [6, 6.07) is 8.01. The summed E-state index contributed by atoms with van der Waals surface area (Å²) in [7, 11) is -4.16. The predicted molar refractivity (Wildman–Crippen MR) is 309 cm³/mol. The number of ether oxygens (including phenoxy) is 2. The van der Waals surface area contributed by atoms with E-state index in [1.807, 2.05) is 38.1 Å². The molecule has 0 aliphatic rings. The summed E-state index contributed by atoms with van der Waals surface area (Å²) in [5.41, 5.74) is 4.30. The summed E-state index contributed by atoms with van der Waals surface area (Å²) >= 11 is 0. The Labute approximate surface area is 444 Å². The van der Waals surface area contributed by atoms with E-state index in [1.165, 1.54) is 180 Å². The van der Waals surface area contributed by atoms with E-state index in [9.17, 15) is 19.4 Å². The van der Waals surface area contributed by atoms with Crippen LogP contribution < -0.4 is 9.83 Å². The molecule has 0 aromatic heterocycles. The lowest BCUT2D eigenvalue weighted by molar-refractivity contribution is -0.144. The van der Waals surface area contributed by atoms with E-state index in [-0.39, 0.29) is 30.2 Å². The Kier molecular flexibility index (Phi) is 34.8. The Hall–Kier alpha value is -2.47. The van der Waals surface area contributed by atoms with Crippen LogP contribution >= 0.6 is 7.94 Å². The summed E-state index contributed by atoms with van der Waals surface area (Å²) in [5, 5.41) is 0.417. The number of unbranched alkanes of at least 4 members (excludes halogenated alkanes) is 30. The van der Waals surface area contributed by atoms with E-state index in [1.54, 1.807) is 0 Å². The van der Waals surface area contributed by atoms with Gasteiger partial charge < -0.3 is 9.47 Å². The van der Waals surface area contributed by atoms with Gasteiger partial charge in [-0.25, -0.2) is 0 Å². The lowest BCUT2D eigenvalue weighted by Gasteiger charge is -2.28. The molecule has 2 aromatic rings. The number of carbonyl (C=O) groups is 2. The van der Waals surface area contributed by atoms with E-state index in [4.69, 9.17) is 14.0 Å². The van der Waals surface area contributed by atoms with Crippen LogP contribution in [0.3, 0.4) is 0 Å². The van der Waals surface area contributed by atoms with Gasteiger partial charge in [0, 0.05) is 29.5 Å². The van der Waals surface area contributed by atoms with Crippen LogP contribution in [-0.2, 0) is 42.7 Å². The van der Waals surface area contributed by atoms with Crippen molar-refractivity contribution in [3.63, 3.8) is 0 Å². The largest absolute Gasteiger partial charge is 0.488 e. The van der Waals surface area contributed by atoms with Crippen molar-refractivity contribution in [2.24, 2.45) is 0 Å². The van der Waals surface area contributed by atoms with Crippen LogP contribution in [0.2, 0.25) is 0 Å². The molecule has 0 fully saturated rings. The van der Waals surface area contributed by atoms with Crippen LogP contribution in [0.25, 0.3) is 0 Å². The minimum atomic E-state index is -4.16. The van der Waals surface area contributed by atoms with Gasteiger partial charge in [0.15, 0.2) is 11.1 Å². The number of hydrogen-bond donors (Lipinski definition) is 2. The second-order valence-corrected chi connectivity index (χ2v) is 25.5. The Bertz CT molecular complexity index is 1740. The van der Waals surface area contributed by atoms with Crippen LogP contribution in [0.1, 0.15) is 307 Å². The van der Waals surface area contributed by atoms with Gasteiger partial charge in [-0.1, -0.05) is 272 Å². The van der Waals surface area contributed by atoms with Gasteiger partial charge in [-0.05, 0) is 67.1 Å². The standard InChI is InChI=1S/C64H112O7P/c1-11-13-15-17-19-21-23-25-27-29-31-33-35-37-39-41-47-69-59(65)45-43-55-49-53(3)61(57(51-55)63(5,6)7)71-72(67,68)62-54(4)50-56(52-58(62)64(8,9)10)44-46-60(66)70-48-42-40-38-36-34-32-30-28-26-24-22-20-18-16-14-12-2/h49-52,67-68H,11-48H2,1-10H3/q+1. The molecule has 0 saturated carbocycles. The number of hydrogen-bond acceptors (Lipinski definition) is 7. The van der Waals surface area contributed by atoms with Gasteiger partial charge in [-0.2, -0.15) is 9.79 Å². The van der Waals surface area contributed by atoms with Crippen molar-refractivity contribution >= 4 is 25.2 Å². The SMILES string of the molecule is CCCCCCCCCCCCCCCCCCOC(=O)CCc1cc(C)c(O[P+](O)(O)c2c(C)cc(CCC(=O)OCCCCCCCCCCCCCCCCCC)cc2C(C)(C)C)c(C(C)(C)C)c1. The van der Waals surface area contributed by atoms with Crippen molar-refractivity contribution in [2.75, 3.05) is 13.2 Å². The predicted octanol–water partition coefficient (Wildman–Crippen LogP) is 18.8. The lowest BCUT2D eigenvalue weighted by atomic mass is 9.83. The van der Waals surface area contributed by atoms with E-state index < -0.39 is 13.4 Å². The van der Waals surface area contributed by atoms with Crippen molar-refractivity contribution in [3.8, 4) is 5.75 Å². The highest BCUT2D eigenvalue weighted by Gasteiger charge is 2.48. The molecule has 0 heterocycles. The molecule has 0 amide bonds. The minimum Gasteiger partial charge on any atom is -0.466 e. The Morgan fingerprint density at radius 3 is 1.04 bits per heavy atom. The number of rotatable bonds is 43. The molecule has 0 radical (unpaired) electrons. The zero-order valence-electron chi connectivity index (χ0n) is 48.6. The monoisotopic (exact) mass is 1020 g/mol. The van der Waals surface area contributed by atoms with E-state index in [2.05, 4.69) is 55.4 Å². The molecule has 0 aliphatic carbocycles. The van der Waals surface area contributed by atoms with E-state index in [0.717, 1.165) is 59.1 Å². The summed E-state index contributed by atoms with van der Waals surface area (Å²) in [4.78, 5) is 49.8. The Morgan fingerprint density at radius 1 is 0.431 bits per heavy atom. The van der Waals surface area contributed by atoms with Crippen LogP contribution in [0.5, 0.6) is 5.75 Å². The summed E-state index contributed by atoms with van der Waals surface area (Å²) in [5.74, 6) is 0.0877. The topological polar surface area (TPSA) is 102 Å². The molecule has 2 aromatic carbocycles. The van der Waals surface area contributed by atoms with Gasteiger partial charge in [-0.15, -0.1) is 0 Å². The normalized spacial score (nSPS) is 12.2. The molecule has 0 saturated heterocycles. The van der Waals surface area contributed by atoms with E-state index >= 15 is 0 Å². The number of carbonyl (C=O) groups excluding carboxylic acids is 2. The molecule has 72 heavy (non-hydrogen) atoms.